The molecular weight excluding hydrogens is 304 g/mol. The maximum atomic E-state index is 11.9. The van der Waals surface area contributed by atoms with Gasteiger partial charge in [0.1, 0.15) is 12.2 Å². The predicted molar refractivity (Wildman–Crippen MR) is 92.8 cm³/mol. The molecule has 0 fully saturated rings. The lowest BCUT2D eigenvalue weighted by Gasteiger charge is -2.08. The van der Waals surface area contributed by atoms with E-state index in [0.29, 0.717) is 18.8 Å². The second kappa shape index (κ2) is 7.59. The molecule has 1 heterocycles. The van der Waals surface area contributed by atoms with E-state index in [2.05, 4.69) is 22.6 Å². The zero-order chi connectivity index (χ0) is 16.8. The van der Waals surface area contributed by atoms with Gasteiger partial charge in [0, 0.05) is 5.69 Å². The van der Waals surface area contributed by atoms with E-state index in [9.17, 15) is 4.79 Å². The first kappa shape index (κ1) is 16.0. The van der Waals surface area contributed by atoms with Gasteiger partial charge in [0.05, 0.1) is 17.7 Å². The maximum Gasteiger partial charge on any atom is 0.338 e. The molecule has 2 aromatic carbocycles. The van der Waals surface area contributed by atoms with Crippen LogP contribution in [0.25, 0.3) is 11.0 Å². The van der Waals surface area contributed by atoms with Gasteiger partial charge in [-0.05, 0) is 42.8 Å². The average Bonchev–Trinajstić information content (AvgIpc) is 3.04. The van der Waals surface area contributed by atoms with Gasteiger partial charge in [-0.1, -0.05) is 30.7 Å². The first-order valence-electron chi connectivity index (χ1n) is 8.07. The van der Waals surface area contributed by atoms with E-state index in [-0.39, 0.29) is 5.97 Å². The number of ether oxygens (including phenoxy) is 1. The summed E-state index contributed by atoms with van der Waals surface area (Å²) in [6.45, 7) is 3.03. The molecule has 3 rings (SSSR count). The quantitative estimate of drug-likeness (QED) is 0.532. The van der Waals surface area contributed by atoms with Crippen molar-refractivity contribution in [2.75, 3.05) is 11.9 Å². The van der Waals surface area contributed by atoms with Crippen molar-refractivity contribution >= 4 is 22.7 Å². The third-order valence-electron chi connectivity index (χ3n) is 3.70. The molecule has 0 unspecified atom stereocenters. The number of rotatable bonds is 7. The van der Waals surface area contributed by atoms with Crippen LogP contribution >= 0.6 is 0 Å². The molecule has 0 aliphatic heterocycles. The Morgan fingerprint density at radius 3 is 2.75 bits per heavy atom. The lowest BCUT2D eigenvalue weighted by Crippen LogP contribution is -2.10. The molecule has 3 aromatic rings. The van der Waals surface area contributed by atoms with Crippen LogP contribution in [0, 0.1) is 0 Å². The summed E-state index contributed by atoms with van der Waals surface area (Å²) in [7, 11) is 0. The van der Waals surface area contributed by atoms with E-state index < -0.39 is 0 Å². The van der Waals surface area contributed by atoms with E-state index in [1.807, 2.05) is 36.4 Å². The minimum atomic E-state index is -0.280. The molecule has 6 heteroatoms. The number of anilines is 1. The van der Waals surface area contributed by atoms with E-state index >= 15 is 0 Å². The second-order valence-corrected chi connectivity index (χ2v) is 5.48. The number of para-hydroxylation sites is 1. The summed E-state index contributed by atoms with van der Waals surface area (Å²) < 4.78 is 6.99. The van der Waals surface area contributed by atoms with Crippen LogP contribution in [0.4, 0.5) is 5.69 Å². The van der Waals surface area contributed by atoms with Gasteiger partial charge in [0.2, 0.25) is 0 Å². The Hall–Kier alpha value is -2.89. The van der Waals surface area contributed by atoms with Crippen LogP contribution in [0.2, 0.25) is 0 Å². The highest BCUT2D eigenvalue weighted by molar-refractivity contribution is 5.89. The molecule has 1 N–H and O–H groups in total. The molecule has 24 heavy (non-hydrogen) atoms. The number of carbonyl (C=O) groups is 1. The molecular formula is C18H20N4O2. The summed E-state index contributed by atoms with van der Waals surface area (Å²) in [4.78, 5) is 11.9. The maximum absolute atomic E-state index is 11.9. The Morgan fingerprint density at radius 1 is 1.17 bits per heavy atom. The summed E-state index contributed by atoms with van der Waals surface area (Å²) in [6, 6.07) is 15.0. The van der Waals surface area contributed by atoms with Crippen molar-refractivity contribution in [1.29, 1.82) is 0 Å². The van der Waals surface area contributed by atoms with Gasteiger partial charge >= 0.3 is 5.97 Å². The molecule has 0 radical (unpaired) electrons. The number of aromatic nitrogens is 3. The number of fused-ring (bicyclic) bond motifs is 1. The summed E-state index contributed by atoms with van der Waals surface area (Å²) in [6.07, 6.45) is 1.89. The fourth-order valence-corrected chi connectivity index (χ4v) is 2.32. The molecule has 0 atom stereocenters. The van der Waals surface area contributed by atoms with Gasteiger partial charge in [0.25, 0.3) is 0 Å². The topological polar surface area (TPSA) is 69.0 Å². The predicted octanol–water partition coefficient (Wildman–Crippen LogP) is 3.46. The zero-order valence-electron chi connectivity index (χ0n) is 13.6. The average molecular weight is 324 g/mol. The number of hydrogen-bond acceptors (Lipinski definition) is 5. The van der Waals surface area contributed by atoms with Crippen molar-refractivity contribution < 1.29 is 9.53 Å². The highest BCUT2D eigenvalue weighted by Gasteiger charge is 2.07. The van der Waals surface area contributed by atoms with Gasteiger partial charge in [0.15, 0.2) is 0 Å². The van der Waals surface area contributed by atoms with Gasteiger partial charge < -0.3 is 10.1 Å². The number of esters is 1. The molecule has 0 saturated carbocycles. The lowest BCUT2D eigenvalue weighted by atomic mass is 10.2. The Labute approximate surface area is 140 Å². The van der Waals surface area contributed by atoms with Crippen molar-refractivity contribution in [2.24, 2.45) is 0 Å². The summed E-state index contributed by atoms with van der Waals surface area (Å²) in [5.41, 5.74) is 3.30. The van der Waals surface area contributed by atoms with Crippen molar-refractivity contribution in [3.8, 4) is 0 Å². The Balaban J connectivity index is 1.59. The monoisotopic (exact) mass is 324 g/mol. The summed E-state index contributed by atoms with van der Waals surface area (Å²) in [5, 5.41) is 11.5. The fourth-order valence-electron chi connectivity index (χ4n) is 2.32. The van der Waals surface area contributed by atoms with Crippen LogP contribution in [0.1, 0.15) is 30.1 Å². The van der Waals surface area contributed by atoms with E-state index in [0.717, 1.165) is 29.6 Å². The largest absolute Gasteiger partial charge is 0.462 e. The van der Waals surface area contributed by atoms with Crippen LogP contribution in [-0.2, 0) is 11.4 Å². The van der Waals surface area contributed by atoms with E-state index in [4.69, 9.17) is 4.74 Å². The van der Waals surface area contributed by atoms with E-state index in [1.165, 1.54) is 0 Å². The van der Waals surface area contributed by atoms with Crippen LogP contribution in [-0.4, -0.2) is 27.6 Å². The number of carbonyl (C=O) groups excluding carboxylic acids is 1. The molecule has 6 nitrogen and oxygen atoms in total. The highest BCUT2D eigenvalue weighted by Crippen LogP contribution is 2.13. The SMILES string of the molecule is CCCCOC(=O)c1ccc(NCn2nnc3ccccc32)cc1. The third-order valence-corrected chi connectivity index (χ3v) is 3.70. The standard InChI is InChI=1S/C18H20N4O2/c1-2-3-12-24-18(23)14-8-10-15(11-9-14)19-13-22-17-7-5-4-6-16(17)20-21-22/h4-11,19H,2-3,12-13H2,1H3. The van der Waals surface area contributed by atoms with Crippen LogP contribution < -0.4 is 5.32 Å². The third kappa shape index (κ3) is 3.71. The molecule has 0 saturated heterocycles. The van der Waals surface area contributed by atoms with Crippen LogP contribution in [0.3, 0.4) is 0 Å². The number of unbranched alkanes of at least 4 members (excludes halogenated alkanes) is 1. The first-order valence-corrected chi connectivity index (χ1v) is 8.07. The number of nitrogens with zero attached hydrogens (tertiary/aromatic N) is 3. The van der Waals surface area contributed by atoms with Crippen molar-refractivity contribution in [1.82, 2.24) is 15.0 Å². The van der Waals surface area contributed by atoms with Crippen molar-refractivity contribution in [2.45, 2.75) is 26.4 Å². The zero-order valence-corrected chi connectivity index (χ0v) is 13.6. The second-order valence-electron chi connectivity index (χ2n) is 5.48. The Morgan fingerprint density at radius 2 is 1.96 bits per heavy atom. The molecule has 0 aliphatic carbocycles. The van der Waals surface area contributed by atoms with Crippen LogP contribution in [0.15, 0.2) is 48.5 Å². The molecule has 0 amide bonds. The fraction of sp³-hybridized carbons (Fsp3) is 0.278. The van der Waals surface area contributed by atoms with Crippen molar-refractivity contribution in [3.63, 3.8) is 0 Å². The normalized spacial score (nSPS) is 10.7. The molecule has 124 valence electrons. The Kier molecular flexibility index (Phi) is 5.05. The highest BCUT2D eigenvalue weighted by atomic mass is 16.5. The number of hydrogen-bond donors (Lipinski definition) is 1. The van der Waals surface area contributed by atoms with Crippen molar-refractivity contribution in [3.05, 3.63) is 54.1 Å². The number of benzene rings is 2. The van der Waals surface area contributed by atoms with Gasteiger partial charge in [-0.15, -0.1) is 5.10 Å². The first-order chi connectivity index (χ1) is 11.8. The lowest BCUT2D eigenvalue weighted by molar-refractivity contribution is 0.0500. The smallest absolute Gasteiger partial charge is 0.338 e. The summed E-state index contributed by atoms with van der Waals surface area (Å²) >= 11 is 0. The van der Waals surface area contributed by atoms with Gasteiger partial charge in [-0.3, -0.25) is 0 Å². The van der Waals surface area contributed by atoms with Gasteiger partial charge in [-0.2, -0.15) is 0 Å². The molecule has 0 aliphatic rings. The number of nitrogens with one attached hydrogen (secondary N) is 1. The molecule has 0 spiro atoms. The van der Waals surface area contributed by atoms with Crippen LogP contribution in [0.5, 0.6) is 0 Å². The minimum absolute atomic E-state index is 0.280. The molecule has 0 bridgehead atoms. The van der Waals surface area contributed by atoms with E-state index in [1.54, 1.807) is 16.8 Å². The Bertz CT molecular complexity index is 811. The summed E-state index contributed by atoms with van der Waals surface area (Å²) in [5.74, 6) is -0.280. The molecule has 1 aromatic heterocycles. The van der Waals surface area contributed by atoms with Gasteiger partial charge in [-0.25, -0.2) is 9.48 Å². The minimum Gasteiger partial charge on any atom is -0.462 e.